The van der Waals surface area contributed by atoms with Gasteiger partial charge in [0.1, 0.15) is 5.82 Å². The van der Waals surface area contributed by atoms with E-state index < -0.39 is 0 Å². The molecule has 5 heteroatoms. The van der Waals surface area contributed by atoms with Crippen LogP contribution >= 0.6 is 0 Å². The maximum atomic E-state index is 11.5. The molecule has 2 N–H and O–H groups in total. The number of hydrogen-bond donors (Lipinski definition) is 2. The molecule has 0 bridgehead atoms. The summed E-state index contributed by atoms with van der Waals surface area (Å²) < 4.78 is 1.97. The summed E-state index contributed by atoms with van der Waals surface area (Å²) in [6.07, 6.45) is 5.13. The Kier molecular flexibility index (Phi) is 3.56. The molecule has 1 saturated heterocycles. The average molecular weight is 222 g/mol. The summed E-state index contributed by atoms with van der Waals surface area (Å²) in [4.78, 5) is 15.7. The number of imidazole rings is 1. The van der Waals surface area contributed by atoms with E-state index in [-0.39, 0.29) is 5.91 Å². The number of amides is 1. The van der Waals surface area contributed by atoms with Crippen molar-refractivity contribution in [3.63, 3.8) is 0 Å². The second-order valence-electron chi connectivity index (χ2n) is 4.28. The van der Waals surface area contributed by atoms with Crippen LogP contribution in [-0.4, -0.2) is 35.1 Å². The zero-order chi connectivity index (χ0) is 11.4. The van der Waals surface area contributed by atoms with E-state index in [1.807, 2.05) is 17.8 Å². The molecule has 0 atom stereocenters. The van der Waals surface area contributed by atoms with Crippen molar-refractivity contribution in [2.45, 2.75) is 12.8 Å². The van der Waals surface area contributed by atoms with Gasteiger partial charge in [-0.05, 0) is 19.0 Å². The Labute approximate surface area is 95.2 Å². The summed E-state index contributed by atoms with van der Waals surface area (Å²) in [7, 11) is 1.96. The molecule has 1 aliphatic heterocycles. The van der Waals surface area contributed by atoms with Crippen LogP contribution in [0.1, 0.15) is 12.2 Å². The van der Waals surface area contributed by atoms with Crippen molar-refractivity contribution in [3.05, 3.63) is 18.2 Å². The summed E-state index contributed by atoms with van der Waals surface area (Å²) in [5.41, 5.74) is 0. The molecule has 2 rings (SSSR count). The van der Waals surface area contributed by atoms with Crippen LogP contribution in [0.3, 0.4) is 0 Å². The predicted molar refractivity (Wildman–Crippen MR) is 60.9 cm³/mol. The van der Waals surface area contributed by atoms with Crippen LogP contribution < -0.4 is 10.6 Å². The number of nitrogens with zero attached hydrogens (tertiary/aromatic N) is 2. The van der Waals surface area contributed by atoms with Crippen LogP contribution in [0.25, 0.3) is 0 Å². The van der Waals surface area contributed by atoms with Crippen LogP contribution in [0, 0.1) is 5.92 Å². The van der Waals surface area contributed by atoms with Gasteiger partial charge in [0.25, 0.3) is 0 Å². The number of aryl methyl sites for hydroxylation is 1. The van der Waals surface area contributed by atoms with Gasteiger partial charge in [-0.2, -0.15) is 0 Å². The van der Waals surface area contributed by atoms with Crippen molar-refractivity contribution in [2.75, 3.05) is 19.6 Å². The van der Waals surface area contributed by atoms with E-state index in [9.17, 15) is 4.79 Å². The molecule has 0 saturated carbocycles. The monoisotopic (exact) mass is 222 g/mol. The van der Waals surface area contributed by atoms with Crippen LogP contribution in [0.5, 0.6) is 0 Å². The Bertz CT molecular complexity index is 357. The Morgan fingerprint density at radius 1 is 1.69 bits per heavy atom. The first-order valence-corrected chi connectivity index (χ1v) is 5.69. The fraction of sp³-hybridized carbons (Fsp3) is 0.636. The van der Waals surface area contributed by atoms with E-state index in [0.29, 0.717) is 18.9 Å². The highest BCUT2D eigenvalue weighted by Crippen LogP contribution is 2.07. The van der Waals surface area contributed by atoms with E-state index in [1.165, 1.54) is 0 Å². The zero-order valence-corrected chi connectivity index (χ0v) is 9.57. The summed E-state index contributed by atoms with van der Waals surface area (Å²) >= 11 is 0. The van der Waals surface area contributed by atoms with Crippen molar-refractivity contribution >= 4 is 5.91 Å². The van der Waals surface area contributed by atoms with E-state index >= 15 is 0 Å². The molecule has 0 radical (unpaired) electrons. The third-order valence-electron chi connectivity index (χ3n) is 2.93. The van der Waals surface area contributed by atoms with Gasteiger partial charge in [0, 0.05) is 38.8 Å². The highest BCUT2D eigenvalue weighted by atomic mass is 16.1. The first kappa shape index (κ1) is 11.1. The fourth-order valence-corrected chi connectivity index (χ4v) is 1.78. The Balaban J connectivity index is 1.63. The van der Waals surface area contributed by atoms with Gasteiger partial charge in [-0.15, -0.1) is 0 Å². The Morgan fingerprint density at radius 3 is 3.06 bits per heavy atom. The number of rotatable bonds is 5. The lowest BCUT2D eigenvalue weighted by atomic mass is 9.99. The summed E-state index contributed by atoms with van der Waals surface area (Å²) in [5.74, 6) is 1.69. The minimum absolute atomic E-state index is 0.153. The molecule has 0 unspecified atom stereocenters. The van der Waals surface area contributed by atoms with Crippen LogP contribution in [0.2, 0.25) is 0 Å². The molecule has 0 aromatic carbocycles. The third-order valence-corrected chi connectivity index (χ3v) is 2.93. The first-order chi connectivity index (χ1) is 7.75. The number of carbonyl (C=O) groups is 1. The predicted octanol–water partition coefficient (Wildman–Crippen LogP) is -0.312. The number of carbonyl (C=O) groups excluding carboxylic acids is 1. The number of hydrogen-bond acceptors (Lipinski definition) is 3. The lowest BCUT2D eigenvalue weighted by molar-refractivity contribution is -0.122. The maximum absolute atomic E-state index is 11.5. The van der Waals surface area contributed by atoms with Gasteiger partial charge in [0.05, 0.1) is 0 Å². The van der Waals surface area contributed by atoms with Gasteiger partial charge in [-0.3, -0.25) is 4.79 Å². The first-order valence-electron chi connectivity index (χ1n) is 5.69. The lowest BCUT2D eigenvalue weighted by Gasteiger charge is -2.26. The summed E-state index contributed by atoms with van der Waals surface area (Å²) in [5, 5.41) is 6.09. The van der Waals surface area contributed by atoms with E-state index in [0.717, 1.165) is 25.3 Å². The lowest BCUT2D eigenvalue weighted by Crippen LogP contribution is -2.44. The largest absolute Gasteiger partial charge is 0.356 e. The second kappa shape index (κ2) is 5.12. The molecule has 0 aliphatic carbocycles. The SMILES string of the molecule is Cn1ccnc1CCNC(=O)CC1CNC1. The van der Waals surface area contributed by atoms with Crippen LogP contribution in [0.15, 0.2) is 12.4 Å². The smallest absolute Gasteiger partial charge is 0.220 e. The van der Waals surface area contributed by atoms with Crippen molar-refractivity contribution in [1.29, 1.82) is 0 Å². The topological polar surface area (TPSA) is 59.0 Å². The normalized spacial score (nSPS) is 15.8. The molecule has 1 amide bonds. The van der Waals surface area contributed by atoms with Crippen molar-refractivity contribution in [2.24, 2.45) is 13.0 Å². The number of aromatic nitrogens is 2. The highest BCUT2D eigenvalue weighted by molar-refractivity contribution is 5.76. The fourth-order valence-electron chi connectivity index (χ4n) is 1.78. The van der Waals surface area contributed by atoms with Crippen molar-refractivity contribution in [1.82, 2.24) is 20.2 Å². The van der Waals surface area contributed by atoms with Gasteiger partial charge in [0.15, 0.2) is 0 Å². The zero-order valence-electron chi connectivity index (χ0n) is 9.57. The Hall–Kier alpha value is -1.36. The quantitative estimate of drug-likeness (QED) is 0.718. The van der Waals surface area contributed by atoms with E-state index in [4.69, 9.17) is 0 Å². The standard InChI is InChI=1S/C11H18N4O/c1-15-5-4-13-10(15)2-3-14-11(16)6-9-7-12-8-9/h4-5,9,12H,2-3,6-8H2,1H3,(H,14,16). The molecule has 1 fully saturated rings. The average Bonchev–Trinajstić information content (AvgIpc) is 2.59. The number of nitrogens with one attached hydrogen (secondary N) is 2. The second-order valence-corrected chi connectivity index (χ2v) is 4.28. The molecular formula is C11H18N4O. The molecular weight excluding hydrogens is 204 g/mol. The van der Waals surface area contributed by atoms with Crippen LogP contribution in [-0.2, 0) is 18.3 Å². The summed E-state index contributed by atoms with van der Waals surface area (Å²) in [6, 6.07) is 0. The third kappa shape index (κ3) is 2.82. The highest BCUT2D eigenvalue weighted by Gasteiger charge is 2.19. The van der Waals surface area contributed by atoms with Gasteiger partial charge in [0.2, 0.25) is 5.91 Å². The molecule has 2 heterocycles. The van der Waals surface area contributed by atoms with Gasteiger partial charge in [-0.1, -0.05) is 0 Å². The van der Waals surface area contributed by atoms with E-state index in [1.54, 1.807) is 6.20 Å². The van der Waals surface area contributed by atoms with Crippen LogP contribution in [0.4, 0.5) is 0 Å². The minimum Gasteiger partial charge on any atom is -0.356 e. The summed E-state index contributed by atoms with van der Waals surface area (Å²) in [6.45, 7) is 2.63. The van der Waals surface area contributed by atoms with Gasteiger partial charge < -0.3 is 15.2 Å². The van der Waals surface area contributed by atoms with E-state index in [2.05, 4.69) is 15.6 Å². The molecule has 0 spiro atoms. The molecule has 88 valence electrons. The van der Waals surface area contributed by atoms with Gasteiger partial charge in [-0.25, -0.2) is 4.98 Å². The van der Waals surface area contributed by atoms with Crippen molar-refractivity contribution < 1.29 is 4.79 Å². The molecule has 1 aromatic heterocycles. The molecule has 16 heavy (non-hydrogen) atoms. The van der Waals surface area contributed by atoms with Gasteiger partial charge >= 0.3 is 0 Å². The maximum Gasteiger partial charge on any atom is 0.220 e. The van der Waals surface area contributed by atoms with Crippen molar-refractivity contribution in [3.8, 4) is 0 Å². The Morgan fingerprint density at radius 2 is 2.50 bits per heavy atom. The molecule has 1 aliphatic rings. The molecule has 1 aromatic rings. The minimum atomic E-state index is 0.153. The molecule has 5 nitrogen and oxygen atoms in total.